The van der Waals surface area contributed by atoms with E-state index in [2.05, 4.69) is 0 Å². The summed E-state index contributed by atoms with van der Waals surface area (Å²) in [7, 11) is 0. The largest absolute Gasteiger partial charge is 0.503 e. The highest BCUT2D eigenvalue weighted by Gasteiger charge is 2.07. The molecule has 0 bridgehead atoms. The van der Waals surface area contributed by atoms with Crippen molar-refractivity contribution in [3.05, 3.63) is 35.4 Å². The lowest BCUT2D eigenvalue weighted by molar-refractivity contribution is 0.396. The van der Waals surface area contributed by atoms with Crippen molar-refractivity contribution in [3.8, 4) is 11.8 Å². The Kier molecular flexibility index (Phi) is 3.19. The zero-order valence-electron chi connectivity index (χ0n) is 7.17. The molecule has 72 valence electrons. The predicted octanol–water partition coefficient (Wildman–Crippen LogP) is 2.60. The van der Waals surface area contributed by atoms with Crippen molar-refractivity contribution in [1.29, 1.82) is 5.26 Å². The summed E-state index contributed by atoms with van der Waals surface area (Å²) in [5.41, 5.74) is 0.271. The lowest BCUT2D eigenvalue weighted by Crippen LogP contribution is -1.84. The summed E-state index contributed by atoms with van der Waals surface area (Å²) in [6.07, 6.45) is 3.06. The Morgan fingerprint density at radius 1 is 1.36 bits per heavy atom. The number of hydrogen-bond donors (Lipinski definition) is 1. The Bertz CT molecular complexity index is 384. The van der Waals surface area contributed by atoms with Crippen LogP contribution < -0.4 is 0 Å². The van der Waals surface area contributed by atoms with Crippen LogP contribution in [0.25, 0.3) is 6.08 Å². The molecule has 1 rings (SSSR count). The Labute approximate surface area is 79.7 Å². The van der Waals surface area contributed by atoms with Crippen molar-refractivity contribution >= 4 is 6.08 Å². The normalized spacial score (nSPS) is 10.4. The minimum Gasteiger partial charge on any atom is -0.503 e. The molecular weight excluding hydrogens is 188 g/mol. The Hall–Kier alpha value is -1.89. The van der Waals surface area contributed by atoms with E-state index in [-0.39, 0.29) is 12.0 Å². The van der Waals surface area contributed by atoms with Crippen molar-refractivity contribution < 1.29 is 13.9 Å². The summed E-state index contributed by atoms with van der Waals surface area (Å²) in [4.78, 5) is 0. The van der Waals surface area contributed by atoms with E-state index in [4.69, 9.17) is 10.4 Å². The molecule has 1 aromatic rings. The third kappa shape index (κ3) is 2.30. The van der Waals surface area contributed by atoms with E-state index in [1.165, 1.54) is 12.2 Å². The number of aromatic hydroxyl groups is 1. The third-order valence-electron chi connectivity index (χ3n) is 1.56. The van der Waals surface area contributed by atoms with Gasteiger partial charge in [0.25, 0.3) is 0 Å². The van der Waals surface area contributed by atoms with Gasteiger partial charge in [0.1, 0.15) is 0 Å². The maximum atomic E-state index is 12.8. The van der Waals surface area contributed by atoms with E-state index in [9.17, 15) is 8.78 Å². The molecule has 2 nitrogen and oxygen atoms in total. The van der Waals surface area contributed by atoms with E-state index in [0.29, 0.717) is 0 Å². The number of rotatable bonds is 2. The van der Waals surface area contributed by atoms with E-state index in [1.807, 2.05) is 6.07 Å². The standard InChI is InChI=1S/C10H7F2NO/c11-8-5-7(3-1-2-4-13)6-9(12)10(8)14/h1,3,5-6,14H,2H2. The first-order chi connectivity index (χ1) is 6.65. The minimum atomic E-state index is -1.01. The van der Waals surface area contributed by atoms with Gasteiger partial charge in [-0.25, -0.2) is 8.78 Å². The molecule has 0 saturated carbocycles. The van der Waals surface area contributed by atoms with E-state index < -0.39 is 17.4 Å². The molecule has 14 heavy (non-hydrogen) atoms. The number of hydrogen-bond acceptors (Lipinski definition) is 2. The van der Waals surface area contributed by atoms with Crippen LogP contribution in [0, 0.1) is 23.0 Å². The molecule has 1 aromatic carbocycles. The second kappa shape index (κ2) is 4.38. The molecule has 0 heterocycles. The number of nitrogens with zero attached hydrogens (tertiary/aromatic N) is 1. The first kappa shape index (κ1) is 10.2. The van der Waals surface area contributed by atoms with Gasteiger partial charge in [0, 0.05) is 0 Å². The summed E-state index contributed by atoms with van der Waals surface area (Å²) >= 11 is 0. The number of benzene rings is 1. The van der Waals surface area contributed by atoms with Crippen molar-refractivity contribution in [2.75, 3.05) is 0 Å². The number of halogens is 2. The topological polar surface area (TPSA) is 44.0 Å². The number of nitriles is 1. The summed E-state index contributed by atoms with van der Waals surface area (Å²) < 4.78 is 25.5. The van der Waals surface area contributed by atoms with Crippen LogP contribution in [0.3, 0.4) is 0 Å². The fourth-order valence-corrected chi connectivity index (χ4v) is 0.929. The highest BCUT2D eigenvalue weighted by Crippen LogP contribution is 2.21. The van der Waals surface area contributed by atoms with Crippen molar-refractivity contribution in [3.63, 3.8) is 0 Å². The third-order valence-corrected chi connectivity index (χ3v) is 1.56. The molecule has 0 saturated heterocycles. The van der Waals surface area contributed by atoms with Gasteiger partial charge >= 0.3 is 0 Å². The Morgan fingerprint density at radius 3 is 2.43 bits per heavy atom. The average molecular weight is 195 g/mol. The van der Waals surface area contributed by atoms with Crippen LogP contribution in [0.4, 0.5) is 8.78 Å². The number of phenolic OH excluding ortho intramolecular Hbond substituents is 1. The lowest BCUT2D eigenvalue weighted by atomic mass is 10.2. The van der Waals surface area contributed by atoms with E-state index >= 15 is 0 Å². The molecule has 0 radical (unpaired) electrons. The summed E-state index contributed by atoms with van der Waals surface area (Å²) in [5.74, 6) is -3.01. The van der Waals surface area contributed by atoms with Gasteiger partial charge in [-0.2, -0.15) is 5.26 Å². The van der Waals surface area contributed by atoms with Gasteiger partial charge in [0.05, 0.1) is 12.5 Å². The fraction of sp³-hybridized carbons (Fsp3) is 0.100. The van der Waals surface area contributed by atoms with Gasteiger partial charge in [-0.05, 0) is 17.7 Å². The van der Waals surface area contributed by atoms with Crippen molar-refractivity contribution in [2.24, 2.45) is 0 Å². The average Bonchev–Trinajstić information content (AvgIpc) is 2.14. The first-order valence-electron chi connectivity index (χ1n) is 3.86. The predicted molar refractivity (Wildman–Crippen MR) is 47.3 cm³/mol. The van der Waals surface area contributed by atoms with Gasteiger partial charge in [-0.1, -0.05) is 12.2 Å². The lowest BCUT2D eigenvalue weighted by Gasteiger charge is -1.98. The summed E-state index contributed by atoms with van der Waals surface area (Å²) in [6.45, 7) is 0. The van der Waals surface area contributed by atoms with Crippen LogP contribution in [-0.4, -0.2) is 5.11 Å². The summed E-state index contributed by atoms with van der Waals surface area (Å²) in [5, 5.41) is 17.0. The Morgan fingerprint density at radius 2 is 1.93 bits per heavy atom. The van der Waals surface area contributed by atoms with Crippen LogP contribution in [0.5, 0.6) is 5.75 Å². The highest BCUT2D eigenvalue weighted by molar-refractivity contribution is 5.51. The second-order valence-corrected chi connectivity index (χ2v) is 2.60. The smallest absolute Gasteiger partial charge is 0.187 e. The molecule has 0 aliphatic carbocycles. The van der Waals surface area contributed by atoms with Crippen LogP contribution in [0.2, 0.25) is 0 Å². The molecule has 0 aliphatic heterocycles. The monoisotopic (exact) mass is 195 g/mol. The molecule has 0 atom stereocenters. The van der Waals surface area contributed by atoms with Crippen molar-refractivity contribution in [1.82, 2.24) is 0 Å². The quantitative estimate of drug-likeness (QED) is 0.788. The molecule has 0 fully saturated rings. The molecule has 0 aromatic heterocycles. The first-order valence-corrected chi connectivity index (χ1v) is 3.86. The number of allylic oxidation sites excluding steroid dienone is 1. The fourth-order valence-electron chi connectivity index (χ4n) is 0.929. The van der Waals surface area contributed by atoms with Crippen LogP contribution in [-0.2, 0) is 0 Å². The van der Waals surface area contributed by atoms with Crippen LogP contribution >= 0.6 is 0 Å². The molecule has 0 aliphatic rings. The van der Waals surface area contributed by atoms with E-state index in [0.717, 1.165) is 12.1 Å². The summed E-state index contributed by atoms with van der Waals surface area (Å²) in [6, 6.07) is 3.84. The maximum Gasteiger partial charge on any atom is 0.187 e. The van der Waals surface area contributed by atoms with Gasteiger partial charge in [0.2, 0.25) is 0 Å². The second-order valence-electron chi connectivity index (χ2n) is 2.60. The molecule has 4 heteroatoms. The molecule has 1 N–H and O–H groups in total. The number of phenols is 1. The van der Waals surface area contributed by atoms with Gasteiger partial charge in [-0.15, -0.1) is 0 Å². The van der Waals surface area contributed by atoms with E-state index in [1.54, 1.807) is 0 Å². The maximum absolute atomic E-state index is 12.8. The van der Waals surface area contributed by atoms with Crippen molar-refractivity contribution in [2.45, 2.75) is 6.42 Å². The van der Waals surface area contributed by atoms with Gasteiger partial charge in [-0.3, -0.25) is 0 Å². The van der Waals surface area contributed by atoms with Crippen LogP contribution in [0.1, 0.15) is 12.0 Å². The van der Waals surface area contributed by atoms with Gasteiger partial charge in [0.15, 0.2) is 17.4 Å². The zero-order valence-corrected chi connectivity index (χ0v) is 7.17. The highest BCUT2D eigenvalue weighted by atomic mass is 19.1. The molecule has 0 unspecified atom stereocenters. The van der Waals surface area contributed by atoms with Gasteiger partial charge < -0.3 is 5.11 Å². The zero-order chi connectivity index (χ0) is 10.6. The minimum absolute atomic E-state index is 0.171. The molecule has 0 spiro atoms. The SMILES string of the molecule is N#CCC=Cc1cc(F)c(O)c(F)c1. The molecular formula is C10H7F2NO. The molecule has 0 amide bonds. The Balaban J connectivity index is 2.96. The van der Waals surface area contributed by atoms with Crippen LogP contribution in [0.15, 0.2) is 18.2 Å².